The van der Waals surface area contributed by atoms with Crippen molar-refractivity contribution in [2.75, 3.05) is 13.1 Å². The molecule has 0 radical (unpaired) electrons. The van der Waals surface area contributed by atoms with E-state index in [1.807, 2.05) is 0 Å². The average molecular weight is 172 g/mol. The number of hydrogen-bond donors (Lipinski definition) is 1. The molecule has 0 spiro atoms. The van der Waals surface area contributed by atoms with Crippen LogP contribution in [-0.2, 0) is 4.79 Å². The minimum absolute atomic E-state index is 0.200. The standard InChI is InChI=1S/C9H20N2O/c1-4-11(5-2)8(3)6-7-9(10)12/h8H,4-7H2,1-3H3,(H2,10,12). The van der Waals surface area contributed by atoms with Crippen LogP contribution in [0.25, 0.3) is 0 Å². The summed E-state index contributed by atoms with van der Waals surface area (Å²) >= 11 is 0. The van der Waals surface area contributed by atoms with Crippen LogP contribution in [0.15, 0.2) is 0 Å². The molecule has 1 atom stereocenters. The number of nitrogens with zero attached hydrogens (tertiary/aromatic N) is 1. The predicted molar refractivity (Wildman–Crippen MR) is 50.8 cm³/mol. The molecule has 12 heavy (non-hydrogen) atoms. The summed E-state index contributed by atoms with van der Waals surface area (Å²) in [6.45, 7) is 8.47. The third-order valence-electron chi connectivity index (χ3n) is 2.24. The van der Waals surface area contributed by atoms with Crippen LogP contribution in [0.2, 0.25) is 0 Å². The van der Waals surface area contributed by atoms with Gasteiger partial charge in [0, 0.05) is 12.5 Å². The lowest BCUT2D eigenvalue weighted by atomic mass is 10.1. The Labute approximate surface area is 74.9 Å². The zero-order valence-electron chi connectivity index (χ0n) is 8.34. The number of amides is 1. The second-order valence-electron chi connectivity index (χ2n) is 3.08. The van der Waals surface area contributed by atoms with Gasteiger partial charge in [0.1, 0.15) is 0 Å². The second-order valence-corrected chi connectivity index (χ2v) is 3.08. The monoisotopic (exact) mass is 172 g/mol. The fourth-order valence-electron chi connectivity index (χ4n) is 1.38. The quantitative estimate of drug-likeness (QED) is 0.649. The Morgan fingerprint density at radius 3 is 2.25 bits per heavy atom. The van der Waals surface area contributed by atoms with Gasteiger partial charge in [0.05, 0.1) is 0 Å². The molecule has 3 heteroatoms. The third-order valence-corrected chi connectivity index (χ3v) is 2.24. The molecule has 3 nitrogen and oxygen atoms in total. The molecule has 0 fully saturated rings. The molecule has 0 aliphatic rings. The van der Waals surface area contributed by atoms with Crippen molar-refractivity contribution in [3.05, 3.63) is 0 Å². The first-order valence-electron chi connectivity index (χ1n) is 4.64. The minimum atomic E-state index is -0.200. The lowest BCUT2D eigenvalue weighted by Crippen LogP contribution is -2.33. The van der Waals surface area contributed by atoms with Crippen molar-refractivity contribution in [2.24, 2.45) is 5.73 Å². The number of primary amides is 1. The van der Waals surface area contributed by atoms with E-state index in [0.29, 0.717) is 12.5 Å². The summed E-state index contributed by atoms with van der Waals surface area (Å²) in [7, 11) is 0. The van der Waals surface area contributed by atoms with Gasteiger partial charge in [-0.05, 0) is 26.4 Å². The van der Waals surface area contributed by atoms with Crippen molar-refractivity contribution in [1.29, 1.82) is 0 Å². The number of hydrogen-bond acceptors (Lipinski definition) is 2. The van der Waals surface area contributed by atoms with Gasteiger partial charge in [0.25, 0.3) is 0 Å². The summed E-state index contributed by atoms with van der Waals surface area (Å²) in [5, 5.41) is 0. The number of carbonyl (C=O) groups is 1. The van der Waals surface area contributed by atoms with Gasteiger partial charge in [-0.3, -0.25) is 4.79 Å². The molecule has 0 aromatic carbocycles. The zero-order chi connectivity index (χ0) is 9.56. The van der Waals surface area contributed by atoms with Crippen LogP contribution in [-0.4, -0.2) is 29.9 Å². The summed E-state index contributed by atoms with van der Waals surface area (Å²) in [4.78, 5) is 12.8. The Kier molecular flexibility index (Phi) is 5.72. The summed E-state index contributed by atoms with van der Waals surface area (Å²) in [6, 6.07) is 0.465. The molecular weight excluding hydrogens is 152 g/mol. The highest BCUT2D eigenvalue weighted by atomic mass is 16.1. The van der Waals surface area contributed by atoms with Gasteiger partial charge in [-0.15, -0.1) is 0 Å². The first kappa shape index (κ1) is 11.4. The van der Waals surface area contributed by atoms with E-state index in [9.17, 15) is 4.79 Å². The lowest BCUT2D eigenvalue weighted by Gasteiger charge is -2.25. The molecule has 0 rings (SSSR count). The summed E-state index contributed by atoms with van der Waals surface area (Å²) in [5.74, 6) is -0.200. The smallest absolute Gasteiger partial charge is 0.217 e. The van der Waals surface area contributed by atoms with Crippen LogP contribution in [0.3, 0.4) is 0 Å². The zero-order valence-corrected chi connectivity index (χ0v) is 8.34. The van der Waals surface area contributed by atoms with E-state index in [4.69, 9.17) is 5.73 Å². The molecule has 0 bridgehead atoms. The lowest BCUT2D eigenvalue weighted by molar-refractivity contribution is -0.118. The van der Waals surface area contributed by atoms with Crippen LogP contribution >= 0.6 is 0 Å². The molecular formula is C9H20N2O. The largest absolute Gasteiger partial charge is 0.370 e. The Balaban J connectivity index is 3.68. The van der Waals surface area contributed by atoms with E-state index >= 15 is 0 Å². The topological polar surface area (TPSA) is 46.3 Å². The van der Waals surface area contributed by atoms with Crippen molar-refractivity contribution in [2.45, 2.75) is 39.7 Å². The van der Waals surface area contributed by atoms with Crippen molar-refractivity contribution in [3.8, 4) is 0 Å². The van der Waals surface area contributed by atoms with E-state index in [-0.39, 0.29) is 5.91 Å². The highest BCUT2D eigenvalue weighted by Crippen LogP contribution is 2.04. The molecule has 0 heterocycles. The maximum absolute atomic E-state index is 10.5. The molecule has 0 saturated carbocycles. The van der Waals surface area contributed by atoms with Gasteiger partial charge in [-0.1, -0.05) is 13.8 Å². The Hall–Kier alpha value is -0.570. The van der Waals surface area contributed by atoms with Crippen molar-refractivity contribution in [3.63, 3.8) is 0 Å². The van der Waals surface area contributed by atoms with E-state index in [2.05, 4.69) is 25.7 Å². The fraction of sp³-hybridized carbons (Fsp3) is 0.889. The van der Waals surface area contributed by atoms with Crippen LogP contribution in [0.4, 0.5) is 0 Å². The normalized spacial score (nSPS) is 13.3. The average Bonchev–Trinajstić information content (AvgIpc) is 2.03. The van der Waals surface area contributed by atoms with Gasteiger partial charge in [-0.2, -0.15) is 0 Å². The van der Waals surface area contributed by atoms with Crippen LogP contribution in [0.1, 0.15) is 33.6 Å². The Bertz CT molecular complexity index is 132. The van der Waals surface area contributed by atoms with E-state index < -0.39 is 0 Å². The molecule has 0 saturated heterocycles. The van der Waals surface area contributed by atoms with Crippen molar-refractivity contribution in [1.82, 2.24) is 4.90 Å². The summed E-state index contributed by atoms with van der Waals surface area (Å²) < 4.78 is 0. The van der Waals surface area contributed by atoms with Crippen LogP contribution in [0, 0.1) is 0 Å². The van der Waals surface area contributed by atoms with Gasteiger partial charge < -0.3 is 10.6 Å². The van der Waals surface area contributed by atoms with Crippen molar-refractivity contribution < 1.29 is 4.79 Å². The Morgan fingerprint density at radius 2 is 1.92 bits per heavy atom. The first-order chi connectivity index (χ1) is 5.61. The summed E-state index contributed by atoms with van der Waals surface area (Å²) in [6.07, 6.45) is 1.37. The molecule has 0 aromatic heterocycles. The molecule has 0 aliphatic heterocycles. The third kappa shape index (κ3) is 4.34. The Morgan fingerprint density at radius 1 is 1.42 bits per heavy atom. The molecule has 0 aromatic rings. The molecule has 1 unspecified atom stereocenters. The summed E-state index contributed by atoms with van der Waals surface area (Å²) in [5.41, 5.74) is 5.07. The van der Waals surface area contributed by atoms with E-state index in [1.165, 1.54) is 0 Å². The van der Waals surface area contributed by atoms with E-state index in [0.717, 1.165) is 19.5 Å². The highest BCUT2D eigenvalue weighted by Gasteiger charge is 2.10. The minimum Gasteiger partial charge on any atom is -0.370 e. The van der Waals surface area contributed by atoms with Crippen LogP contribution in [0.5, 0.6) is 0 Å². The molecule has 0 aliphatic carbocycles. The van der Waals surface area contributed by atoms with Crippen molar-refractivity contribution >= 4 is 5.91 Å². The molecule has 1 amide bonds. The van der Waals surface area contributed by atoms with Gasteiger partial charge in [-0.25, -0.2) is 0 Å². The van der Waals surface area contributed by atoms with Gasteiger partial charge in [0.2, 0.25) is 5.91 Å². The van der Waals surface area contributed by atoms with Gasteiger partial charge in [0.15, 0.2) is 0 Å². The van der Waals surface area contributed by atoms with Crippen LogP contribution < -0.4 is 5.73 Å². The maximum atomic E-state index is 10.5. The number of carbonyl (C=O) groups excluding carboxylic acids is 1. The number of rotatable bonds is 6. The molecule has 72 valence electrons. The van der Waals surface area contributed by atoms with Gasteiger partial charge >= 0.3 is 0 Å². The second kappa shape index (κ2) is 6.00. The fourth-order valence-corrected chi connectivity index (χ4v) is 1.38. The van der Waals surface area contributed by atoms with E-state index in [1.54, 1.807) is 0 Å². The highest BCUT2D eigenvalue weighted by molar-refractivity contribution is 5.73. The maximum Gasteiger partial charge on any atom is 0.217 e. The number of nitrogens with two attached hydrogens (primary N) is 1. The SMILES string of the molecule is CCN(CC)C(C)CCC(N)=O. The first-order valence-corrected chi connectivity index (χ1v) is 4.64. The molecule has 2 N–H and O–H groups in total. The predicted octanol–water partition coefficient (Wildman–Crippen LogP) is 0.982.